The zero-order chi connectivity index (χ0) is 22.5. The van der Waals surface area contributed by atoms with Crippen LogP contribution in [0.3, 0.4) is 0 Å². The maximum absolute atomic E-state index is 12.9. The number of nitrogens with zero attached hydrogens (tertiary/aromatic N) is 4. The van der Waals surface area contributed by atoms with Crippen LogP contribution >= 0.6 is 0 Å². The van der Waals surface area contributed by atoms with Gasteiger partial charge >= 0.3 is 0 Å². The lowest BCUT2D eigenvalue weighted by Gasteiger charge is -2.36. The lowest BCUT2D eigenvalue weighted by atomic mass is 10.1. The average molecular weight is 441 g/mol. The first kappa shape index (κ1) is 22.3. The Morgan fingerprint density at radius 2 is 1.62 bits per heavy atom. The van der Waals surface area contributed by atoms with Gasteiger partial charge in [0, 0.05) is 44.8 Å². The third-order valence-electron chi connectivity index (χ3n) is 6.39. The number of benzene rings is 1. The standard InChI is InChI=1S/C24H32N4O4/c1-18-22(19(2)32-25-18)17-31-21-8-6-20(7-9-21)24(30)28-14-12-26(13-15-28)16-23(29)27-10-4-3-5-11-27/h6-9H,3-5,10-17H2,1-2H3. The van der Waals surface area contributed by atoms with Crippen molar-refractivity contribution in [1.82, 2.24) is 19.9 Å². The second-order valence-electron chi connectivity index (χ2n) is 8.63. The van der Waals surface area contributed by atoms with Crippen molar-refractivity contribution >= 4 is 11.8 Å². The van der Waals surface area contributed by atoms with E-state index in [0.29, 0.717) is 37.6 Å². The van der Waals surface area contributed by atoms with Crippen LogP contribution in [-0.2, 0) is 11.4 Å². The zero-order valence-corrected chi connectivity index (χ0v) is 19.0. The van der Waals surface area contributed by atoms with E-state index in [4.69, 9.17) is 9.26 Å². The fourth-order valence-corrected chi connectivity index (χ4v) is 4.28. The molecule has 2 aromatic rings. The highest BCUT2D eigenvalue weighted by molar-refractivity contribution is 5.94. The van der Waals surface area contributed by atoms with Crippen LogP contribution < -0.4 is 4.74 Å². The number of aromatic nitrogens is 1. The van der Waals surface area contributed by atoms with Crippen molar-refractivity contribution in [2.75, 3.05) is 45.8 Å². The molecule has 8 nitrogen and oxygen atoms in total. The summed E-state index contributed by atoms with van der Waals surface area (Å²) in [5.41, 5.74) is 2.42. The Hall–Kier alpha value is -2.87. The Bertz CT molecular complexity index is 906. The number of rotatable bonds is 6. The van der Waals surface area contributed by atoms with Crippen molar-refractivity contribution in [2.24, 2.45) is 0 Å². The van der Waals surface area contributed by atoms with Gasteiger partial charge in [0.2, 0.25) is 5.91 Å². The predicted octanol–water partition coefficient (Wildman–Crippen LogP) is 2.64. The summed E-state index contributed by atoms with van der Waals surface area (Å²) in [6, 6.07) is 7.24. The minimum atomic E-state index is 0.0179. The van der Waals surface area contributed by atoms with E-state index in [-0.39, 0.29) is 11.8 Å². The number of piperazine rings is 1. The van der Waals surface area contributed by atoms with Gasteiger partial charge in [-0.15, -0.1) is 0 Å². The van der Waals surface area contributed by atoms with Crippen molar-refractivity contribution in [3.63, 3.8) is 0 Å². The molecule has 0 atom stereocenters. The predicted molar refractivity (Wildman–Crippen MR) is 120 cm³/mol. The first-order valence-corrected chi connectivity index (χ1v) is 11.5. The van der Waals surface area contributed by atoms with Crippen LogP contribution in [0.15, 0.2) is 28.8 Å². The molecule has 2 amide bonds. The van der Waals surface area contributed by atoms with Gasteiger partial charge in [0.15, 0.2) is 0 Å². The molecule has 0 bridgehead atoms. The number of ether oxygens (including phenoxy) is 1. The quantitative estimate of drug-likeness (QED) is 0.687. The van der Waals surface area contributed by atoms with Crippen molar-refractivity contribution in [3.8, 4) is 5.75 Å². The number of aryl methyl sites for hydroxylation is 2. The minimum Gasteiger partial charge on any atom is -0.489 e. The van der Waals surface area contributed by atoms with Gasteiger partial charge < -0.3 is 19.1 Å². The van der Waals surface area contributed by atoms with Crippen molar-refractivity contribution in [2.45, 2.75) is 39.7 Å². The summed E-state index contributed by atoms with van der Waals surface area (Å²) < 4.78 is 11.0. The molecule has 4 rings (SSSR count). The topological polar surface area (TPSA) is 79.1 Å². The van der Waals surface area contributed by atoms with Crippen LogP contribution in [0.5, 0.6) is 5.75 Å². The van der Waals surface area contributed by atoms with Gasteiger partial charge in [-0.05, 0) is 57.4 Å². The molecule has 0 spiro atoms. The monoisotopic (exact) mass is 440 g/mol. The molecule has 0 radical (unpaired) electrons. The Kier molecular flexibility index (Phi) is 7.09. The smallest absolute Gasteiger partial charge is 0.253 e. The fraction of sp³-hybridized carbons (Fsp3) is 0.542. The molecule has 0 unspecified atom stereocenters. The van der Waals surface area contributed by atoms with E-state index in [0.717, 1.165) is 56.0 Å². The average Bonchev–Trinajstić information content (AvgIpc) is 3.15. The summed E-state index contributed by atoms with van der Waals surface area (Å²) in [6.07, 6.45) is 3.44. The zero-order valence-electron chi connectivity index (χ0n) is 19.0. The van der Waals surface area contributed by atoms with Crippen LogP contribution in [0.2, 0.25) is 0 Å². The number of amides is 2. The number of hydrogen-bond acceptors (Lipinski definition) is 6. The molecule has 2 aliphatic rings. The minimum absolute atomic E-state index is 0.0179. The van der Waals surface area contributed by atoms with Gasteiger partial charge in [-0.25, -0.2) is 0 Å². The van der Waals surface area contributed by atoms with E-state index in [1.807, 2.05) is 35.8 Å². The molecule has 1 aromatic carbocycles. The normalized spacial score (nSPS) is 17.4. The Morgan fingerprint density at radius 3 is 2.25 bits per heavy atom. The van der Waals surface area contributed by atoms with E-state index in [2.05, 4.69) is 10.1 Å². The maximum Gasteiger partial charge on any atom is 0.253 e. The van der Waals surface area contributed by atoms with Gasteiger partial charge in [0.25, 0.3) is 5.91 Å². The summed E-state index contributed by atoms with van der Waals surface area (Å²) >= 11 is 0. The highest BCUT2D eigenvalue weighted by atomic mass is 16.5. The molecule has 2 aliphatic heterocycles. The highest BCUT2D eigenvalue weighted by Gasteiger charge is 2.25. The first-order valence-electron chi connectivity index (χ1n) is 11.5. The second kappa shape index (κ2) is 10.2. The second-order valence-corrected chi connectivity index (χ2v) is 8.63. The molecule has 8 heteroatoms. The molecule has 1 aromatic heterocycles. The van der Waals surface area contributed by atoms with Crippen LogP contribution in [-0.4, -0.2) is 77.5 Å². The fourth-order valence-electron chi connectivity index (χ4n) is 4.28. The van der Waals surface area contributed by atoms with Crippen LogP contribution in [0.25, 0.3) is 0 Å². The summed E-state index contributed by atoms with van der Waals surface area (Å²) in [4.78, 5) is 31.4. The molecule has 32 heavy (non-hydrogen) atoms. The molecular formula is C24H32N4O4. The van der Waals surface area contributed by atoms with Gasteiger partial charge in [-0.2, -0.15) is 0 Å². The van der Waals surface area contributed by atoms with Gasteiger partial charge in [-0.1, -0.05) is 5.16 Å². The lowest BCUT2D eigenvalue weighted by Crippen LogP contribution is -2.52. The number of likely N-dealkylation sites (tertiary alicyclic amines) is 1. The highest BCUT2D eigenvalue weighted by Crippen LogP contribution is 2.19. The summed E-state index contributed by atoms with van der Waals surface area (Å²) in [6.45, 7) is 9.08. The summed E-state index contributed by atoms with van der Waals surface area (Å²) in [5, 5.41) is 3.93. The van der Waals surface area contributed by atoms with Crippen molar-refractivity contribution < 1.29 is 18.8 Å². The van der Waals surface area contributed by atoms with Gasteiger partial charge in [0.05, 0.1) is 17.8 Å². The molecule has 0 aliphatic carbocycles. The van der Waals surface area contributed by atoms with Crippen LogP contribution in [0.4, 0.5) is 0 Å². The molecule has 2 saturated heterocycles. The van der Waals surface area contributed by atoms with E-state index in [1.54, 1.807) is 12.1 Å². The number of hydrogen-bond donors (Lipinski definition) is 0. The third kappa shape index (κ3) is 5.30. The van der Waals surface area contributed by atoms with Crippen molar-refractivity contribution in [3.05, 3.63) is 46.8 Å². The maximum atomic E-state index is 12.9. The molecule has 3 heterocycles. The molecule has 0 N–H and O–H groups in total. The lowest BCUT2D eigenvalue weighted by molar-refractivity contribution is -0.133. The Morgan fingerprint density at radius 1 is 0.938 bits per heavy atom. The number of carbonyl (C=O) groups is 2. The van der Waals surface area contributed by atoms with E-state index in [9.17, 15) is 9.59 Å². The molecular weight excluding hydrogens is 408 g/mol. The van der Waals surface area contributed by atoms with E-state index in [1.165, 1.54) is 6.42 Å². The summed E-state index contributed by atoms with van der Waals surface area (Å²) in [5.74, 6) is 1.69. The number of carbonyl (C=O) groups excluding carboxylic acids is 2. The van der Waals surface area contributed by atoms with Gasteiger partial charge in [0.1, 0.15) is 18.1 Å². The number of piperidine rings is 1. The Balaban J connectivity index is 1.24. The third-order valence-corrected chi connectivity index (χ3v) is 6.39. The Labute approximate surface area is 189 Å². The SMILES string of the molecule is Cc1noc(C)c1COc1ccc(C(=O)N2CCN(CC(=O)N3CCCCC3)CC2)cc1. The molecule has 2 fully saturated rings. The molecule has 172 valence electrons. The van der Waals surface area contributed by atoms with Crippen LogP contribution in [0, 0.1) is 13.8 Å². The van der Waals surface area contributed by atoms with E-state index < -0.39 is 0 Å². The first-order chi connectivity index (χ1) is 15.5. The summed E-state index contributed by atoms with van der Waals surface area (Å²) in [7, 11) is 0. The molecule has 0 saturated carbocycles. The van der Waals surface area contributed by atoms with E-state index >= 15 is 0 Å². The van der Waals surface area contributed by atoms with Crippen molar-refractivity contribution in [1.29, 1.82) is 0 Å². The largest absolute Gasteiger partial charge is 0.489 e. The van der Waals surface area contributed by atoms with Crippen LogP contribution in [0.1, 0.15) is 46.6 Å². The van der Waals surface area contributed by atoms with Gasteiger partial charge in [-0.3, -0.25) is 14.5 Å².